The number of fused-ring (bicyclic) bond motifs is 1. The number of phenols is 1. The zero-order chi connectivity index (χ0) is 19.1. The fourth-order valence-electron chi connectivity index (χ4n) is 2.77. The Hall–Kier alpha value is -4.01. The van der Waals surface area contributed by atoms with Gasteiger partial charge in [0.25, 0.3) is 5.91 Å². The van der Waals surface area contributed by atoms with Crippen LogP contribution in [-0.2, 0) is 0 Å². The van der Waals surface area contributed by atoms with Crippen molar-refractivity contribution in [3.8, 4) is 22.8 Å². The molecule has 0 radical (unpaired) electrons. The molecule has 2 aromatic heterocycles. The second kappa shape index (κ2) is 6.06. The molecular formula is C18H12FN5O3. The quantitative estimate of drug-likeness (QED) is 0.509. The first-order chi connectivity index (χ1) is 12.9. The van der Waals surface area contributed by atoms with Crippen LogP contribution in [0.25, 0.3) is 28.2 Å². The van der Waals surface area contributed by atoms with Crippen molar-refractivity contribution in [1.82, 2.24) is 19.5 Å². The maximum atomic E-state index is 13.2. The summed E-state index contributed by atoms with van der Waals surface area (Å²) in [5.74, 6) is -1.22. The Bertz CT molecular complexity index is 1240. The Morgan fingerprint density at radius 1 is 1.15 bits per heavy atom. The van der Waals surface area contributed by atoms with Gasteiger partial charge in [-0.15, -0.1) is 0 Å². The van der Waals surface area contributed by atoms with Crippen molar-refractivity contribution in [3.63, 3.8) is 0 Å². The number of halogens is 1. The summed E-state index contributed by atoms with van der Waals surface area (Å²) < 4.78 is 14.4. The molecule has 2 aromatic carbocycles. The molecule has 4 aromatic rings. The van der Waals surface area contributed by atoms with Gasteiger partial charge in [0.05, 0.1) is 5.69 Å². The number of H-pyrrole nitrogens is 1. The van der Waals surface area contributed by atoms with Crippen molar-refractivity contribution >= 4 is 17.1 Å². The van der Waals surface area contributed by atoms with Gasteiger partial charge in [-0.05, 0) is 36.4 Å². The van der Waals surface area contributed by atoms with Crippen molar-refractivity contribution < 1.29 is 14.3 Å². The molecule has 4 rings (SSSR count). The van der Waals surface area contributed by atoms with Crippen LogP contribution in [0.3, 0.4) is 0 Å². The van der Waals surface area contributed by atoms with Crippen molar-refractivity contribution in [2.75, 3.05) is 0 Å². The lowest BCUT2D eigenvalue weighted by Crippen LogP contribution is -2.15. The summed E-state index contributed by atoms with van der Waals surface area (Å²) in [5.41, 5.74) is 5.62. The number of rotatable bonds is 3. The van der Waals surface area contributed by atoms with Gasteiger partial charge < -0.3 is 15.8 Å². The Balaban J connectivity index is 2.06. The maximum Gasteiger partial charge on any atom is 0.332 e. The van der Waals surface area contributed by atoms with Gasteiger partial charge >= 0.3 is 5.69 Å². The van der Waals surface area contributed by atoms with E-state index in [1.807, 2.05) is 0 Å². The minimum atomic E-state index is -0.851. The molecule has 0 saturated heterocycles. The van der Waals surface area contributed by atoms with E-state index in [1.165, 1.54) is 41.0 Å². The lowest BCUT2D eigenvalue weighted by atomic mass is 10.2. The second-order valence-electron chi connectivity index (χ2n) is 5.75. The third-order valence-electron chi connectivity index (χ3n) is 3.96. The van der Waals surface area contributed by atoms with Crippen LogP contribution in [0, 0.1) is 5.82 Å². The number of hydrogen-bond donors (Lipinski definition) is 3. The van der Waals surface area contributed by atoms with Gasteiger partial charge in [-0.1, -0.05) is 12.1 Å². The molecule has 9 heteroatoms. The molecule has 4 N–H and O–H groups in total. The number of nitrogens with zero attached hydrogens (tertiary/aromatic N) is 3. The molecule has 8 nitrogen and oxygen atoms in total. The number of benzene rings is 2. The van der Waals surface area contributed by atoms with Gasteiger partial charge in [0, 0.05) is 5.56 Å². The fourth-order valence-corrected chi connectivity index (χ4v) is 2.77. The lowest BCUT2D eigenvalue weighted by molar-refractivity contribution is 0.0997. The molecule has 0 aliphatic rings. The van der Waals surface area contributed by atoms with Gasteiger partial charge in [-0.3, -0.25) is 4.79 Å². The molecule has 1 amide bonds. The summed E-state index contributed by atoms with van der Waals surface area (Å²) in [7, 11) is 0. The molecule has 27 heavy (non-hydrogen) atoms. The van der Waals surface area contributed by atoms with E-state index in [1.54, 1.807) is 12.1 Å². The van der Waals surface area contributed by atoms with E-state index in [2.05, 4.69) is 15.0 Å². The lowest BCUT2D eigenvalue weighted by Gasteiger charge is -2.07. The Morgan fingerprint density at radius 2 is 1.89 bits per heavy atom. The number of aromatic hydroxyl groups is 1. The SMILES string of the molecule is NC(=O)c1nc(-c2cccc(O)c2)nc2c1[nH]c(=O)n2-c1ccc(F)cc1. The molecule has 134 valence electrons. The minimum Gasteiger partial charge on any atom is -0.508 e. The number of carbonyl (C=O) groups excluding carboxylic acids is 1. The van der Waals surface area contributed by atoms with Crippen molar-refractivity contribution in [2.24, 2.45) is 5.73 Å². The van der Waals surface area contributed by atoms with Crippen LogP contribution in [0.15, 0.2) is 53.3 Å². The molecule has 0 aliphatic heterocycles. The number of carbonyl (C=O) groups is 1. The zero-order valence-corrected chi connectivity index (χ0v) is 13.7. The summed E-state index contributed by atoms with van der Waals surface area (Å²) in [5, 5.41) is 9.68. The Labute approximate surface area is 150 Å². The average Bonchev–Trinajstić information content (AvgIpc) is 2.97. The van der Waals surface area contributed by atoms with E-state index in [-0.39, 0.29) is 28.4 Å². The van der Waals surface area contributed by atoms with Crippen LogP contribution < -0.4 is 11.4 Å². The van der Waals surface area contributed by atoms with Gasteiger partial charge in [-0.2, -0.15) is 0 Å². The summed E-state index contributed by atoms with van der Waals surface area (Å²) in [6.07, 6.45) is 0. The average molecular weight is 365 g/mol. The summed E-state index contributed by atoms with van der Waals surface area (Å²) in [4.78, 5) is 35.3. The number of hydrogen-bond acceptors (Lipinski definition) is 5. The van der Waals surface area contributed by atoms with E-state index >= 15 is 0 Å². The van der Waals surface area contributed by atoms with Crippen molar-refractivity contribution in [3.05, 3.63) is 70.5 Å². The minimum absolute atomic E-state index is 0.0122. The predicted octanol–water partition coefficient (Wildman–Crippen LogP) is 1.72. The third-order valence-corrected chi connectivity index (χ3v) is 3.96. The molecule has 0 aliphatic carbocycles. The normalized spacial score (nSPS) is 11.0. The summed E-state index contributed by atoms with van der Waals surface area (Å²) in [6, 6.07) is 11.3. The predicted molar refractivity (Wildman–Crippen MR) is 95.1 cm³/mol. The number of nitrogens with two attached hydrogens (primary N) is 1. The van der Waals surface area contributed by atoms with E-state index in [4.69, 9.17) is 5.73 Å². The molecule has 2 heterocycles. The van der Waals surface area contributed by atoms with Crippen LogP contribution in [0.4, 0.5) is 4.39 Å². The third kappa shape index (κ3) is 2.80. The van der Waals surface area contributed by atoms with Crippen LogP contribution in [-0.4, -0.2) is 30.5 Å². The standard InChI is InChI=1S/C18H12FN5O3/c19-10-4-6-11(7-5-10)24-17-14(22-18(24)27)13(15(20)26)21-16(23-17)9-2-1-3-12(25)8-9/h1-8,25H,(H2,20,26)(H,22,27). The summed E-state index contributed by atoms with van der Waals surface area (Å²) >= 11 is 0. The van der Waals surface area contributed by atoms with E-state index in [9.17, 15) is 19.1 Å². The molecule has 0 unspecified atom stereocenters. The van der Waals surface area contributed by atoms with E-state index < -0.39 is 17.4 Å². The van der Waals surface area contributed by atoms with Crippen molar-refractivity contribution in [2.45, 2.75) is 0 Å². The Morgan fingerprint density at radius 3 is 2.56 bits per heavy atom. The van der Waals surface area contributed by atoms with Gasteiger partial charge in [0.15, 0.2) is 17.2 Å². The second-order valence-corrected chi connectivity index (χ2v) is 5.75. The smallest absolute Gasteiger partial charge is 0.332 e. The van der Waals surface area contributed by atoms with Crippen molar-refractivity contribution in [1.29, 1.82) is 0 Å². The summed E-state index contributed by atoms with van der Waals surface area (Å²) in [6.45, 7) is 0. The first kappa shape index (κ1) is 16.5. The Kier molecular flexibility index (Phi) is 3.69. The topological polar surface area (TPSA) is 127 Å². The highest BCUT2D eigenvalue weighted by Gasteiger charge is 2.20. The number of primary amides is 1. The fraction of sp³-hybridized carbons (Fsp3) is 0. The number of phenolic OH excluding ortho intramolecular Hbond substituents is 1. The highest BCUT2D eigenvalue weighted by atomic mass is 19.1. The van der Waals surface area contributed by atoms with E-state index in [0.717, 1.165) is 0 Å². The van der Waals surface area contributed by atoms with Gasteiger partial charge in [0.1, 0.15) is 17.1 Å². The maximum absolute atomic E-state index is 13.2. The zero-order valence-electron chi connectivity index (χ0n) is 13.7. The van der Waals surface area contributed by atoms with E-state index in [0.29, 0.717) is 11.3 Å². The molecule has 0 bridgehead atoms. The molecule has 0 fully saturated rings. The van der Waals surface area contributed by atoms with Crippen LogP contribution in [0.2, 0.25) is 0 Å². The number of amides is 1. The number of nitrogens with one attached hydrogen (secondary N) is 1. The number of imidazole rings is 1. The number of aromatic amines is 1. The van der Waals surface area contributed by atoms with Crippen LogP contribution >= 0.6 is 0 Å². The first-order valence-electron chi connectivity index (χ1n) is 7.82. The molecular weight excluding hydrogens is 353 g/mol. The van der Waals surface area contributed by atoms with Gasteiger partial charge in [-0.25, -0.2) is 23.7 Å². The molecule has 0 spiro atoms. The largest absolute Gasteiger partial charge is 0.508 e. The first-order valence-corrected chi connectivity index (χ1v) is 7.82. The van der Waals surface area contributed by atoms with Gasteiger partial charge in [0.2, 0.25) is 0 Å². The highest BCUT2D eigenvalue weighted by Crippen LogP contribution is 2.24. The monoisotopic (exact) mass is 365 g/mol. The number of aromatic nitrogens is 4. The molecule has 0 atom stereocenters. The van der Waals surface area contributed by atoms with Crippen LogP contribution in [0.1, 0.15) is 10.5 Å². The van der Waals surface area contributed by atoms with Crippen LogP contribution in [0.5, 0.6) is 5.75 Å². The molecule has 0 saturated carbocycles. The highest BCUT2D eigenvalue weighted by molar-refractivity contribution is 6.02.